The Balaban J connectivity index is 1.77. The second-order valence-corrected chi connectivity index (χ2v) is 5.21. The summed E-state index contributed by atoms with van der Waals surface area (Å²) in [6.07, 6.45) is -2.13. The van der Waals surface area contributed by atoms with Gasteiger partial charge in [0.05, 0.1) is 5.56 Å². The van der Waals surface area contributed by atoms with Crippen molar-refractivity contribution in [3.63, 3.8) is 0 Å². The Labute approximate surface area is 151 Å². The van der Waals surface area contributed by atoms with Crippen LogP contribution in [0.3, 0.4) is 0 Å². The summed E-state index contributed by atoms with van der Waals surface area (Å²) >= 11 is 0. The van der Waals surface area contributed by atoms with E-state index in [4.69, 9.17) is 4.74 Å². The Hall–Kier alpha value is -3.36. The number of halogens is 4. The summed E-state index contributed by atoms with van der Waals surface area (Å²) in [5, 5.41) is 0. The summed E-state index contributed by atoms with van der Waals surface area (Å²) < 4.78 is 55.6. The maximum Gasteiger partial charge on any atom is 0.416 e. The van der Waals surface area contributed by atoms with Crippen molar-refractivity contribution < 1.29 is 31.9 Å². The van der Waals surface area contributed by atoms with E-state index in [9.17, 15) is 27.2 Å². The SMILES string of the molecule is O=C(/C=C/c1ccc(C(F)(F)F)cc1)NNC(=O)COc1ccccc1F. The average molecular weight is 382 g/mol. The van der Waals surface area contributed by atoms with Crippen LogP contribution in [0, 0.1) is 5.82 Å². The largest absolute Gasteiger partial charge is 0.481 e. The maximum atomic E-state index is 13.3. The van der Waals surface area contributed by atoms with Gasteiger partial charge in [0.25, 0.3) is 11.8 Å². The molecule has 27 heavy (non-hydrogen) atoms. The average Bonchev–Trinajstić information content (AvgIpc) is 2.63. The first kappa shape index (κ1) is 20.0. The second-order valence-electron chi connectivity index (χ2n) is 5.21. The van der Waals surface area contributed by atoms with Gasteiger partial charge in [-0.25, -0.2) is 4.39 Å². The molecule has 5 nitrogen and oxygen atoms in total. The minimum absolute atomic E-state index is 0.110. The lowest BCUT2D eigenvalue weighted by atomic mass is 10.1. The van der Waals surface area contributed by atoms with Gasteiger partial charge in [-0.1, -0.05) is 24.3 Å². The van der Waals surface area contributed by atoms with Gasteiger partial charge >= 0.3 is 6.18 Å². The van der Waals surface area contributed by atoms with E-state index < -0.39 is 36.0 Å². The Kier molecular flexibility index (Phi) is 6.53. The van der Waals surface area contributed by atoms with Crippen molar-refractivity contribution in [3.05, 3.63) is 71.6 Å². The first-order chi connectivity index (χ1) is 12.8. The van der Waals surface area contributed by atoms with Gasteiger partial charge in [-0.2, -0.15) is 13.2 Å². The van der Waals surface area contributed by atoms with Crippen molar-refractivity contribution >= 4 is 17.9 Å². The molecule has 0 fully saturated rings. The molecule has 0 saturated carbocycles. The van der Waals surface area contributed by atoms with Gasteiger partial charge in [0, 0.05) is 6.08 Å². The number of hydrogen-bond acceptors (Lipinski definition) is 3. The lowest BCUT2D eigenvalue weighted by Crippen LogP contribution is -2.43. The fourth-order valence-corrected chi connectivity index (χ4v) is 1.87. The van der Waals surface area contributed by atoms with Gasteiger partial charge in [0.1, 0.15) is 0 Å². The summed E-state index contributed by atoms with van der Waals surface area (Å²) in [6.45, 7) is -0.524. The Morgan fingerprint density at radius 1 is 1.00 bits per heavy atom. The third-order valence-corrected chi connectivity index (χ3v) is 3.19. The topological polar surface area (TPSA) is 67.4 Å². The first-order valence-corrected chi connectivity index (χ1v) is 7.57. The number of benzene rings is 2. The van der Waals surface area contributed by atoms with E-state index in [1.165, 1.54) is 42.5 Å². The number of nitrogens with one attached hydrogen (secondary N) is 2. The Morgan fingerprint density at radius 3 is 2.30 bits per heavy atom. The zero-order valence-corrected chi connectivity index (χ0v) is 13.7. The molecule has 0 spiro atoms. The highest BCUT2D eigenvalue weighted by Crippen LogP contribution is 2.29. The fourth-order valence-electron chi connectivity index (χ4n) is 1.87. The van der Waals surface area contributed by atoms with Crippen molar-refractivity contribution in [1.29, 1.82) is 0 Å². The predicted octanol–water partition coefficient (Wildman–Crippen LogP) is 3.08. The number of ether oxygens (including phenoxy) is 1. The van der Waals surface area contributed by atoms with Gasteiger partial charge in [-0.3, -0.25) is 20.4 Å². The highest BCUT2D eigenvalue weighted by molar-refractivity contribution is 5.93. The van der Waals surface area contributed by atoms with Crippen molar-refractivity contribution in [1.82, 2.24) is 10.9 Å². The lowest BCUT2D eigenvalue weighted by molar-refractivity contribution is -0.137. The number of carbonyl (C=O) groups is 2. The highest BCUT2D eigenvalue weighted by atomic mass is 19.4. The van der Waals surface area contributed by atoms with Crippen LogP contribution in [0.4, 0.5) is 17.6 Å². The van der Waals surface area contributed by atoms with Crippen LogP contribution >= 0.6 is 0 Å². The number of para-hydroxylation sites is 1. The normalized spacial score (nSPS) is 11.3. The van der Waals surface area contributed by atoms with Crippen LogP contribution in [0.2, 0.25) is 0 Å². The molecule has 0 atom stereocenters. The van der Waals surface area contributed by atoms with Crippen molar-refractivity contribution in [2.45, 2.75) is 6.18 Å². The summed E-state index contributed by atoms with van der Waals surface area (Å²) in [7, 11) is 0. The van der Waals surface area contributed by atoms with E-state index >= 15 is 0 Å². The molecular weight excluding hydrogens is 368 g/mol. The smallest absolute Gasteiger partial charge is 0.416 e. The van der Waals surface area contributed by atoms with Crippen LogP contribution in [0.5, 0.6) is 5.75 Å². The Morgan fingerprint density at radius 2 is 1.67 bits per heavy atom. The van der Waals surface area contributed by atoms with E-state index in [0.29, 0.717) is 5.56 Å². The van der Waals surface area contributed by atoms with Crippen molar-refractivity contribution in [3.8, 4) is 5.75 Å². The van der Waals surface area contributed by atoms with Crippen molar-refractivity contribution in [2.24, 2.45) is 0 Å². The quantitative estimate of drug-likeness (QED) is 0.475. The first-order valence-electron chi connectivity index (χ1n) is 7.57. The monoisotopic (exact) mass is 382 g/mol. The number of alkyl halides is 3. The van der Waals surface area contributed by atoms with Gasteiger partial charge in [0.2, 0.25) is 0 Å². The summed E-state index contributed by atoms with van der Waals surface area (Å²) in [6, 6.07) is 9.68. The molecule has 2 aromatic rings. The molecule has 0 radical (unpaired) electrons. The Bertz CT molecular complexity index is 833. The molecule has 0 unspecified atom stereocenters. The molecule has 0 aliphatic rings. The van der Waals surface area contributed by atoms with Gasteiger partial charge < -0.3 is 4.74 Å². The molecule has 0 saturated heterocycles. The number of hydrogen-bond donors (Lipinski definition) is 2. The molecule has 0 bridgehead atoms. The third kappa shape index (κ3) is 6.46. The molecule has 0 heterocycles. The van der Waals surface area contributed by atoms with E-state index in [1.807, 2.05) is 0 Å². The van der Waals surface area contributed by atoms with E-state index in [2.05, 4.69) is 10.9 Å². The molecular formula is C18H14F4N2O3. The minimum atomic E-state index is -4.44. The van der Waals surface area contributed by atoms with E-state index in [1.54, 1.807) is 0 Å². The van der Waals surface area contributed by atoms with E-state index in [-0.39, 0.29) is 5.75 Å². The summed E-state index contributed by atoms with van der Waals surface area (Å²) in [5.41, 5.74) is 3.68. The number of carbonyl (C=O) groups excluding carboxylic acids is 2. The van der Waals surface area contributed by atoms with Gasteiger partial charge in [-0.05, 0) is 35.9 Å². The van der Waals surface area contributed by atoms with Crippen LogP contribution in [0.25, 0.3) is 6.08 Å². The molecule has 9 heteroatoms. The zero-order valence-electron chi connectivity index (χ0n) is 13.7. The third-order valence-electron chi connectivity index (χ3n) is 3.19. The van der Waals surface area contributed by atoms with Gasteiger partial charge in [-0.15, -0.1) is 0 Å². The summed E-state index contributed by atoms with van der Waals surface area (Å²) in [4.78, 5) is 23.1. The van der Waals surface area contributed by atoms with Crippen LogP contribution in [0.15, 0.2) is 54.6 Å². The molecule has 2 amide bonds. The second kappa shape index (κ2) is 8.84. The number of rotatable bonds is 5. The molecule has 142 valence electrons. The van der Waals surface area contributed by atoms with Gasteiger partial charge in [0.15, 0.2) is 18.2 Å². The highest BCUT2D eigenvalue weighted by Gasteiger charge is 2.29. The molecule has 2 aromatic carbocycles. The summed E-state index contributed by atoms with van der Waals surface area (Å²) in [5.74, 6) is -2.18. The molecule has 2 N–H and O–H groups in total. The predicted molar refractivity (Wildman–Crippen MR) is 88.7 cm³/mol. The number of hydrazine groups is 1. The van der Waals surface area contributed by atoms with Crippen LogP contribution < -0.4 is 15.6 Å². The van der Waals surface area contributed by atoms with Crippen LogP contribution in [-0.4, -0.2) is 18.4 Å². The van der Waals surface area contributed by atoms with Crippen molar-refractivity contribution in [2.75, 3.05) is 6.61 Å². The molecule has 2 rings (SSSR count). The molecule has 0 aromatic heterocycles. The minimum Gasteiger partial charge on any atom is -0.481 e. The van der Waals surface area contributed by atoms with Crippen LogP contribution in [-0.2, 0) is 15.8 Å². The van der Waals surface area contributed by atoms with Crippen LogP contribution in [0.1, 0.15) is 11.1 Å². The standard InChI is InChI=1S/C18H14F4N2O3/c19-14-3-1-2-4-15(14)27-11-17(26)24-23-16(25)10-7-12-5-8-13(9-6-12)18(20,21)22/h1-10H,11H2,(H,23,25)(H,24,26)/b10-7+. The number of amides is 2. The fraction of sp³-hybridized carbons (Fsp3) is 0.111. The molecule has 0 aliphatic heterocycles. The molecule has 0 aliphatic carbocycles. The zero-order chi connectivity index (χ0) is 19.9. The lowest BCUT2D eigenvalue weighted by Gasteiger charge is -2.08. The van der Waals surface area contributed by atoms with E-state index in [0.717, 1.165) is 18.2 Å². The maximum absolute atomic E-state index is 13.3.